The zero-order chi connectivity index (χ0) is 41.0. The lowest BCUT2D eigenvalue weighted by Gasteiger charge is -2.51. The highest BCUT2D eigenvalue weighted by atomic mass is 16.8. The fourth-order valence-corrected chi connectivity index (χ4v) is 9.48. The Morgan fingerprint density at radius 3 is 1.60 bits per heavy atom. The second-order valence-corrected chi connectivity index (χ2v) is 17.3. The third-order valence-corrected chi connectivity index (χ3v) is 13.8. The summed E-state index contributed by atoms with van der Waals surface area (Å²) < 4.78 is 73.4. The number of rotatable bonds is 11. The van der Waals surface area contributed by atoms with Crippen LogP contribution < -0.4 is 0 Å². The van der Waals surface area contributed by atoms with Crippen LogP contribution in [0, 0.1) is 35.5 Å². The van der Waals surface area contributed by atoms with Crippen molar-refractivity contribution in [3.05, 3.63) is 0 Å². The summed E-state index contributed by atoms with van der Waals surface area (Å²) in [5.41, 5.74) is 0. The summed E-state index contributed by atoms with van der Waals surface area (Å²) in [6.07, 6.45) is -17.6. The average Bonchev–Trinajstić information content (AvgIpc) is 3.66. The molecule has 57 heavy (non-hydrogen) atoms. The molecule has 0 aromatic heterocycles. The Morgan fingerprint density at radius 2 is 0.947 bits per heavy atom. The van der Waals surface area contributed by atoms with E-state index in [-0.39, 0.29) is 72.8 Å². The van der Waals surface area contributed by atoms with Crippen LogP contribution in [0.2, 0.25) is 0 Å². The normalized spacial score (nSPS) is 55.7. The lowest BCUT2D eigenvalue weighted by Crippen LogP contribution is -2.66. The maximum Gasteiger partial charge on any atom is 0.187 e. The van der Waals surface area contributed by atoms with Gasteiger partial charge in [-0.15, -0.1) is 0 Å². The van der Waals surface area contributed by atoms with E-state index < -0.39 is 106 Å². The first kappa shape index (κ1) is 44.3. The first-order valence-corrected chi connectivity index (χ1v) is 20.9. The fourth-order valence-electron chi connectivity index (χ4n) is 9.48. The Morgan fingerprint density at radius 1 is 0.456 bits per heavy atom. The number of hydrogen-bond acceptors (Lipinski definition) is 18. The zero-order valence-electron chi connectivity index (χ0n) is 34.1. The summed E-state index contributed by atoms with van der Waals surface area (Å²) in [7, 11) is 0. The molecule has 0 aliphatic carbocycles. The van der Waals surface area contributed by atoms with Gasteiger partial charge in [0.05, 0.1) is 50.8 Å². The second-order valence-electron chi connectivity index (χ2n) is 17.3. The molecule has 7 rings (SSSR count). The summed E-state index contributed by atoms with van der Waals surface area (Å²) >= 11 is 0. The SMILES string of the molecule is CCC1O[C@@H](O[C@H]2C(C)C(C)[C@@H]3OC[C@@H]2O3)C(C)[C@@H](C)[C@@H]1O[C@@H]1OC(CO)[C@@H](O[C@@H]2OC(CO)[C@@H](O[C@H]3OC4COC(C)O[C@H]4C(O)C3O)C(O)C2O)[C@H](C)C1C. The molecule has 0 saturated carbocycles. The predicted molar refractivity (Wildman–Crippen MR) is 193 cm³/mol. The molecule has 13 unspecified atom stereocenters. The van der Waals surface area contributed by atoms with Crippen molar-refractivity contribution in [2.75, 3.05) is 26.4 Å². The first-order chi connectivity index (χ1) is 27.2. The van der Waals surface area contributed by atoms with Gasteiger partial charge in [0.2, 0.25) is 0 Å². The summed E-state index contributed by atoms with van der Waals surface area (Å²) in [5, 5.41) is 65.0. The highest BCUT2D eigenvalue weighted by Gasteiger charge is 2.55. The molecule has 7 aliphatic rings. The van der Waals surface area contributed by atoms with Gasteiger partial charge in [0, 0.05) is 17.8 Å². The fraction of sp³-hybridized carbons (Fsp3) is 1.00. The molecule has 0 amide bonds. The molecular weight excluding hydrogens is 756 g/mol. The minimum Gasteiger partial charge on any atom is -0.394 e. The minimum absolute atomic E-state index is 0.0156. The van der Waals surface area contributed by atoms with Crippen molar-refractivity contribution < 1.29 is 87.5 Å². The number of ether oxygens (including phenoxy) is 12. The van der Waals surface area contributed by atoms with E-state index in [1.165, 1.54) is 0 Å². The third kappa shape index (κ3) is 8.57. The summed E-state index contributed by atoms with van der Waals surface area (Å²) in [6, 6.07) is 0. The Kier molecular flexibility index (Phi) is 14.3. The highest BCUT2D eigenvalue weighted by molar-refractivity contribution is 4.98. The molecule has 7 fully saturated rings. The number of aliphatic hydroxyl groups is 6. The van der Waals surface area contributed by atoms with Crippen molar-refractivity contribution in [1.82, 2.24) is 0 Å². The summed E-state index contributed by atoms with van der Waals surface area (Å²) in [4.78, 5) is 0. The van der Waals surface area contributed by atoms with Gasteiger partial charge in [-0.3, -0.25) is 0 Å². The monoisotopic (exact) mass is 822 g/mol. The van der Waals surface area contributed by atoms with Crippen LogP contribution in [-0.4, -0.2) is 180 Å². The van der Waals surface area contributed by atoms with Crippen LogP contribution >= 0.6 is 0 Å². The first-order valence-electron chi connectivity index (χ1n) is 20.9. The second kappa shape index (κ2) is 18.3. The molecule has 0 spiro atoms. The number of aliphatic hydroxyl groups excluding tert-OH is 6. The third-order valence-electron chi connectivity index (χ3n) is 13.8. The van der Waals surface area contributed by atoms with Crippen molar-refractivity contribution >= 4 is 0 Å². The van der Waals surface area contributed by atoms with Crippen molar-refractivity contribution in [2.24, 2.45) is 35.5 Å². The van der Waals surface area contributed by atoms with E-state index >= 15 is 0 Å². The quantitative estimate of drug-likeness (QED) is 0.156. The minimum atomic E-state index is -1.69. The molecule has 6 N–H and O–H groups in total. The number of fused-ring (bicyclic) bond motifs is 3. The van der Waals surface area contributed by atoms with Crippen LogP contribution in [0.1, 0.15) is 61.8 Å². The van der Waals surface area contributed by atoms with Crippen LogP contribution in [0.5, 0.6) is 0 Å². The van der Waals surface area contributed by atoms with Crippen LogP contribution in [0.25, 0.3) is 0 Å². The molecule has 7 heterocycles. The van der Waals surface area contributed by atoms with Crippen molar-refractivity contribution in [3.63, 3.8) is 0 Å². The maximum absolute atomic E-state index is 11.3. The van der Waals surface area contributed by atoms with Crippen molar-refractivity contribution in [2.45, 2.75) is 185 Å². The Bertz CT molecular complexity index is 1290. The van der Waals surface area contributed by atoms with E-state index in [9.17, 15) is 30.6 Å². The van der Waals surface area contributed by atoms with Gasteiger partial charge in [0.1, 0.15) is 61.0 Å². The average molecular weight is 823 g/mol. The van der Waals surface area contributed by atoms with Gasteiger partial charge in [0.15, 0.2) is 37.7 Å². The number of hydrogen-bond donors (Lipinski definition) is 6. The standard InChI is InChI=1S/C39H66O18/c1-9-21-30(15(3)18(6)36(49-21)55-32-14(2)17(5)35-47-13-24(32)52-35)54-37-19(7)16(4)31(22(10-40)50-37)56-38-28(44)26(42)33(23(11-41)51-38)57-39-29(45)27(43)34-25(53-39)12-46-20(8)48-34/h14-45H,9-13H2,1-8H3/t14?,15-,16-,17?,18?,19?,20?,21?,22?,23?,24+,25?,26?,27?,28?,29?,30+,31+,32+,33-,34-,35-,36+,37+,38+,39-/m1/s1. The van der Waals surface area contributed by atoms with Crippen LogP contribution in [0.15, 0.2) is 0 Å². The topological polar surface area (TPSA) is 232 Å². The Hall–Kier alpha value is -0.720. The van der Waals surface area contributed by atoms with Gasteiger partial charge >= 0.3 is 0 Å². The van der Waals surface area contributed by atoms with Gasteiger partial charge in [0.25, 0.3) is 0 Å². The van der Waals surface area contributed by atoms with E-state index in [1.807, 2.05) is 20.8 Å². The summed E-state index contributed by atoms with van der Waals surface area (Å²) in [5.74, 6) is -0.168. The highest BCUT2D eigenvalue weighted by Crippen LogP contribution is 2.44. The Labute approximate surface area is 334 Å². The zero-order valence-corrected chi connectivity index (χ0v) is 34.1. The Balaban J connectivity index is 0.968. The van der Waals surface area contributed by atoms with Gasteiger partial charge in [-0.25, -0.2) is 0 Å². The molecule has 2 bridgehead atoms. The van der Waals surface area contributed by atoms with Crippen molar-refractivity contribution in [3.8, 4) is 0 Å². The van der Waals surface area contributed by atoms with Crippen LogP contribution in [0.3, 0.4) is 0 Å². The van der Waals surface area contributed by atoms with Gasteiger partial charge in [-0.1, -0.05) is 48.5 Å². The molecule has 0 aromatic rings. The van der Waals surface area contributed by atoms with E-state index in [1.54, 1.807) is 6.92 Å². The summed E-state index contributed by atoms with van der Waals surface area (Å²) in [6.45, 7) is 15.6. The van der Waals surface area contributed by atoms with Gasteiger partial charge in [-0.05, 0) is 31.1 Å². The van der Waals surface area contributed by atoms with Crippen LogP contribution in [0.4, 0.5) is 0 Å². The smallest absolute Gasteiger partial charge is 0.187 e. The van der Waals surface area contributed by atoms with Gasteiger partial charge in [-0.2, -0.15) is 0 Å². The maximum atomic E-state index is 11.3. The molecule has 18 nitrogen and oxygen atoms in total. The molecule has 0 aromatic carbocycles. The van der Waals surface area contributed by atoms with Gasteiger partial charge < -0.3 is 87.5 Å². The van der Waals surface area contributed by atoms with E-state index in [0.29, 0.717) is 13.0 Å². The lowest BCUT2D eigenvalue weighted by atomic mass is 9.81. The largest absolute Gasteiger partial charge is 0.394 e. The molecule has 18 heteroatoms. The molecule has 7 aliphatic heterocycles. The van der Waals surface area contributed by atoms with Crippen molar-refractivity contribution in [1.29, 1.82) is 0 Å². The van der Waals surface area contributed by atoms with E-state index in [2.05, 4.69) is 27.7 Å². The molecule has 26 atom stereocenters. The lowest BCUT2D eigenvalue weighted by molar-refractivity contribution is -0.391. The predicted octanol–water partition coefficient (Wildman–Crippen LogP) is -0.402. The molecule has 7 saturated heterocycles. The molecule has 330 valence electrons. The molecule has 0 radical (unpaired) electrons. The van der Waals surface area contributed by atoms with E-state index in [0.717, 1.165) is 0 Å². The molecular formula is C39H66O18. The van der Waals surface area contributed by atoms with E-state index in [4.69, 9.17) is 56.8 Å². The van der Waals surface area contributed by atoms with Crippen LogP contribution in [-0.2, 0) is 56.8 Å².